The minimum Gasteiger partial charge on any atom is -0.365 e. The van der Waals surface area contributed by atoms with E-state index in [1.165, 1.54) is 12.8 Å². The van der Waals surface area contributed by atoms with Gasteiger partial charge in [-0.1, -0.05) is 0 Å². The van der Waals surface area contributed by atoms with Gasteiger partial charge >= 0.3 is 0 Å². The van der Waals surface area contributed by atoms with Crippen molar-refractivity contribution < 1.29 is 9.53 Å². The summed E-state index contributed by atoms with van der Waals surface area (Å²) in [4.78, 5) is 19.9. The highest BCUT2D eigenvalue weighted by Crippen LogP contribution is 2.40. The van der Waals surface area contributed by atoms with E-state index in [-0.39, 0.29) is 18.1 Å². The number of carbonyl (C=O) groups excluding carboxylic acids is 1. The quantitative estimate of drug-likeness (QED) is 0.786. The molecule has 2 aromatic rings. The van der Waals surface area contributed by atoms with Gasteiger partial charge in [0.05, 0.1) is 11.7 Å². The second-order valence-electron chi connectivity index (χ2n) is 6.39. The van der Waals surface area contributed by atoms with Crippen LogP contribution < -0.4 is 5.32 Å². The molecule has 7 heteroatoms. The van der Waals surface area contributed by atoms with E-state index in [2.05, 4.69) is 25.5 Å². The number of aromatic nitrogens is 4. The third-order valence-electron chi connectivity index (χ3n) is 4.51. The van der Waals surface area contributed by atoms with E-state index in [0.29, 0.717) is 18.3 Å². The van der Waals surface area contributed by atoms with Gasteiger partial charge in [0.1, 0.15) is 11.9 Å². The number of ether oxygens (including phenoxy) is 1. The first-order valence-electron chi connectivity index (χ1n) is 8.20. The van der Waals surface area contributed by atoms with Crippen LogP contribution >= 0.6 is 0 Å². The smallest absolute Gasteiger partial charge is 0.253 e. The van der Waals surface area contributed by atoms with Gasteiger partial charge < -0.3 is 15.0 Å². The lowest BCUT2D eigenvalue weighted by Crippen LogP contribution is -2.32. The Kier molecular flexibility index (Phi) is 3.65. The second kappa shape index (κ2) is 5.81. The van der Waals surface area contributed by atoms with Crippen molar-refractivity contribution in [3.63, 3.8) is 0 Å². The molecule has 0 bridgehead atoms. The molecule has 1 saturated carbocycles. The molecule has 1 amide bonds. The van der Waals surface area contributed by atoms with Crippen LogP contribution in [0.4, 0.5) is 0 Å². The van der Waals surface area contributed by atoms with Gasteiger partial charge in [0.25, 0.3) is 5.91 Å². The molecule has 2 aliphatic rings. The number of nitrogens with zero attached hydrogens (tertiary/aromatic N) is 2. The Morgan fingerprint density at radius 3 is 3.00 bits per heavy atom. The van der Waals surface area contributed by atoms with Crippen LogP contribution in [0.1, 0.15) is 65.4 Å². The summed E-state index contributed by atoms with van der Waals surface area (Å²) in [5.74, 6) is 2.01. The summed E-state index contributed by atoms with van der Waals surface area (Å²) in [6.07, 6.45) is 5.92. The molecule has 122 valence electrons. The maximum absolute atomic E-state index is 12.4. The summed E-state index contributed by atoms with van der Waals surface area (Å²) in [5.41, 5.74) is 1.84. The molecular weight excluding hydrogens is 294 g/mol. The topological polar surface area (TPSA) is 95.7 Å². The van der Waals surface area contributed by atoms with Gasteiger partial charge in [-0.2, -0.15) is 5.10 Å². The Bertz CT molecular complexity index is 703. The molecule has 4 rings (SSSR count). The SMILES string of the molecule is Cc1nc([C@@H]2CC[C@H](CNC(=O)c3cc[nH]c3C3CC3)O2)n[nH]1. The molecule has 3 N–H and O–H groups in total. The third-order valence-corrected chi connectivity index (χ3v) is 4.51. The Hall–Kier alpha value is -2.15. The number of H-pyrrole nitrogens is 2. The van der Waals surface area contributed by atoms with Gasteiger partial charge in [-0.15, -0.1) is 0 Å². The fraction of sp³-hybridized carbons (Fsp3) is 0.562. The monoisotopic (exact) mass is 315 g/mol. The van der Waals surface area contributed by atoms with Gasteiger partial charge in [0, 0.05) is 18.4 Å². The number of aryl methyl sites for hydroxylation is 1. The average Bonchev–Trinajstić information content (AvgIpc) is 2.96. The summed E-state index contributed by atoms with van der Waals surface area (Å²) >= 11 is 0. The van der Waals surface area contributed by atoms with E-state index >= 15 is 0 Å². The standard InChI is InChI=1S/C16H21N5O2/c1-9-19-15(21-20-9)13-5-4-11(23-13)8-18-16(22)12-6-7-17-14(12)10-2-3-10/h6-7,10-11,13,17H,2-5,8H2,1H3,(H,18,22)(H,19,20,21)/t11-,13+/m1/s1. The van der Waals surface area contributed by atoms with E-state index < -0.39 is 0 Å². The van der Waals surface area contributed by atoms with Crippen LogP contribution in [0.15, 0.2) is 12.3 Å². The first-order chi connectivity index (χ1) is 11.2. The normalized spacial score (nSPS) is 24.0. The predicted octanol–water partition coefficient (Wildman–Crippen LogP) is 1.97. The van der Waals surface area contributed by atoms with Gasteiger partial charge in [-0.05, 0) is 44.6 Å². The van der Waals surface area contributed by atoms with E-state index in [9.17, 15) is 4.79 Å². The molecule has 0 aromatic carbocycles. The number of nitrogens with one attached hydrogen (secondary N) is 3. The Labute approximate surface area is 134 Å². The van der Waals surface area contributed by atoms with Crippen molar-refractivity contribution in [2.45, 2.75) is 50.7 Å². The maximum atomic E-state index is 12.4. The van der Waals surface area contributed by atoms with Crippen molar-refractivity contribution in [3.05, 3.63) is 35.2 Å². The Balaban J connectivity index is 1.31. The molecule has 7 nitrogen and oxygen atoms in total. The molecule has 2 fully saturated rings. The van der Waals surface area contributed by atoms with E-state index in [1.807, 2.05) is 19.2 Å². The van der Waals surface area contributed by atoms with Crippen molar-refractivity contribution >= 4 is 5.91 Å². The van der Waals surface area contributed by atoms with Crippen LogP contribution in [0.3, 0.4) is 0 Å². The minimum atomic E-state index is -0.0730. The lowest BCUT2D eigenvalue weighted by molar-refractivity contribution is 0.0392. The van der Waals surface area contributed by atoms with Crippen molar-refractivity contribution in [2.75, 3.05) is 6.54 Å². The fourth-order valence-corrected chi connectivity index (χ4v) is 3.14. The predicted molar refractivity (Wildman–Crippen MR) is 83.1 cm³/mol. The van der Waals surface area contributed by atoms with Gasteiger partial charge in [-0.3, -0.25) is 9.89 Å². The highest BCUT2D eigenvalue weighted by Gasteiger charge is 2.31. The summed E-state index contributed by atoms with van der Waals surface area (Å²) in [6, 6.07) is 1.86. The second-order valence-corrected chi connectivity index (χ2v) is 6.39. The lowest BCUT2D eigenvalue weighted by Gasteiger charge is -2.13. The molecule has 0 spiro atoms. The van der Waals surface area contributed by atoms with Crippen molar-refractivity contribution in [3.8, 4) is 0 Å². The van der Waals surface area contributed by atoms with Crippen molar-refractivity contribution in [2.24, 2.45) is 0 Å². The van der Waals surface area contributed by atoms with Crippen LogP contribution in [0, 0.1) is 6.92 Å². The number of hydrogen-bond acceptors (Lipinski definition) is 4. The van der Waals surface area contributed by atoms with E-state index in [1.54, 1.807) is 0 Å². The first kappa shape index (κ1) is 14.4. The largest absolute Gasteiger partial charge is 0.365 e. The zero-order chi connectivity index (χ0) is 15.8. The number of hydrogen-bond donors (Lipinski definition) is 3. The van der Waals surface area contributed by atoms with E-state index in [4.69, 9.17) is 4.74 Å². The third kappa shape index (κ3) is 3.01. The van der Waals surface area contributed by atoms with Gasteiger partial charge in [0.2, 0.25) is 0 Å². The zero-order valence-corrected chi connectivity index (χ0v) is 13.1. The number of carbonyl (C=O) groups is 1. The van der Waals surface area contributed by atoms with Crippen LogP contribution in [-0.2, 0) is 4.74 Å². The Morgan fingerprint density at radius 1 is 1.39 bits per heavy atom. The van der Waals surface area contributed by atoms with Crippen molar-refractivity contribution in [1.82, 2.24) is 25.5 Å². The van der Waals surface area contributed by atoms with Gasteiger partial charge in [-0.25, -0.2) is 4.98 Å². The van der Waals surface area contributed by atoms with Crippen LogP contribution in [-0.4, -0.2) is 38.7 Å². The van der Waals surface area contributed by atoms with Gasteiger partial charge in [0.15, 0.2) is 5.82 Å². The van der Waals surface area contributed by atoms with Crippen LogP contribution in [0.5, 0.6) is 0 Å². The lowest BCUT2D eigenvalue weighted by atomic mass is 10.1. The summed E-state index contributed by atoms with van der Waals surface area (Å²) in [6.45, 7) is 2.39. The zero-order valence-electron chi connectivity index (χ0n) is 13.1. The molecular formula is C16H21N5O2. The summed E-state index contributed by atoms with van der Waals surface area (Å²) in [5, 5.41) is 9.99. The summed E-state index contributed by atoms with van der Waals surface area (Å²) < 4.78 is 5.95. The molecule has 23 heavy (non-hydrogen) atoms. The first-order valence-corrected chi connectivity index (χ1v) is 8.20. The average molecular weight is 315 g/mol. The molecule has 3 heterocycles. The molecule has 1 aliphatic heterocycles. The fourth-order valence-electron chi connectivity index (χ4n) is 3.14. The molecule has 0 radical (unpaired) electrons. The van der Waals surface area contributed by atoms with Crippen LogP contribution in [0.25, 0.3) is 0 Å². The molecule has 2 atom stereocenters. The number of aromatic amines is 2. The minimum absolute atomic E-state index is 0.0195. The van der Waals surface area contributed by atoms with E-state index in [0.717, 1.165) is 29.9 Å². The molecule has 2 aromatic heterocycles. The molecule has 1 saturated heterocycles. The highest BCUT2D eigenvalue weighted by molar-refractivity contribution is 5.95. The number of amides is 1. The van der Waals surface area contributed by atoms with Crippen LogP contribution in [0.2, 0.25) is 0 Å². The maximum Gasteiger partial charge on any atom is 0.253 e. The number of rotatable bonds is 5. The van der Waals surface area contributed by atoms with Crippen molar-refractivity contribution in [1.29, 1.82) is 0 Å². The molecule has 0 unspecified atom stereocenters. The molecule has 1 aliphatic carbocycles. The Morgan fingerprint density at radius 2 is 2.26 bits per heavy atom. The highest BCUT2D eigenvalue weighted by atomic mass is 16.5. The summed E-state index contributed by atoms with van der Waals surface area (Å²) in [7, 11) is 0.